The number of ether oxygens (including phenoxy) is 1. The molecule has 1 aliphatic rings. The maximum atomic E-state index is 13.8. The van der Waals surface area contributed by atoms with Crippen LogP contribution >= 0.6 is 0 Å². The lowest BCUT2D eigenvalue weighted by Gasteiger charge is -2.31. The average molecular weight is 361 g/mol. The van der Waals surface area contributed by atoms with Gasteiger partial charge in [0.15, 0.2) is 6.10 Å². The second kappa shape index (κ2) is 7.63. The molecule has 1 fully saturated rings. The molecule has 0 radical (unpaired) electrons. The zero-order valence-electron chi connectivity index (χ0n) is 14.6. The molecule has 1 amide bonds. The van der Waals surface area contributed by atoms with Crippen molar-refractivity contribution >= 4 is 11.9 Å². The van der Waals surface area contributed by atoms with Crippen molar-refractivity contribution in [2.24, 2.45) is 0 Å². The molecule has 3 rings (SSSR count). The van der Waals surface area contributed by atoms with E-state index >= 15 is 0 Å². The number of rotatable bonds is 4. The maximum absolute atomic E-state index is 13.8. The van der Waals surface area contributed by atoms with Crippen LogP contribution in [-0.4, -0.2) is 46.1 Å². The predicted octanol–water partition coefficient (Wildman–Crippen LogP) is 2.53. The summed E-state index contributed by atoms with van der Waals surface area (Å²) in [5.41, 5.74) is 0.297. The molecule has 1 aromatic heterocycles. The summed E-state index contributed by atoms with van der Waals surface area (Å²) >= 11 is 0. The molecule has 26 heavy (non-hydrogen) atoms. The van der Waals surface area contributed by atoms with E-state index in [1.54, 1.807) is 30.0 Å². The Balaban J connectivity index is 1.61. The molecular formula is C18H20FN3O4. The monoisotopic (exact) mass is 361 g/mol. The highest BCUT2D eigenvalue weighted by Gasteiger charge is 2.30. The minimum Gasteiger partial charge on any atom is -0.453 e. The molecule has 0 N–H and O–H groups in total. The molecule has 0 unspecified atom stereocenters. The smallest absolute Gasteiger partial charge is 0.303 e. The summed E-state index contributed by atoms with van der Waals surface area (Å²) in [7, 11) is 0. The Morgan fingerprint density at radius 2 is 2.00 bits per heavy atom. The van der Waals surface area contributed by atoms with Gasteiger partial charge in [0, 0.05) is 25.9 Å². The number of hydrogen-bond donors (Lipinski definition) is 0. The number of amides is 1. The van der Waals surface area contributed by atoms with E-state index in [0.717, 1.165) is 0 Å². The maximum Gasteiger partial charge on any atom is 0.303 e. The lowest BCUT2D eigenvalue weighted by Crippen LogP contribution is -2.43. The normalized spacial score (nSPS) is 16.3. The molecule has 2 aromatic rings. The Morgan fingerprint density at radius 3 is 2.65 bits per heavy atom. The number of halogens is 1. The Morgan fingerprint density at radius 1 is 1.31 bits per heavy atom. The lowest BCUT2D eigenvalue weighted by atomic mass is 9.96. The van der Waals surface area contributed by atoms with Crippen LogP contribution in [0.5, 0.6) is 0 Å². The van der Waals surface area contributed by atoms with Gasteiger partial charge in [-0.2, -0.15) is 4.98 Å². The van der Waals surface area contributed by atoms with E-state index in [-0.39, 0.29) is 17.6 Å². The second-order valence-electron chi connectivity index (χ2n) is 6.29. The van der Waals surface area contributed by atoms with Crippen LogP contribution in [0.3, 0.4) is 0 Å². The van der Waals surface area contributed by atoms with Crippen LogP contribution in [0, 0.1) is 5.82 Å². The highest BCUT2D eigenvalue weighted by atomic mass is 19.1. The number of carbonyl (C=O) groups excluding carboxylic acids is 2. The number of carbonyl (C=O) groups is 2. The number of aromatic nitrogens is 2. The standard InChI is InChI=1S/C18H20FN3O4/c1-11(25-12(2)23)18(24)22-9-7-13(8-10-22)17-20-16(21-26-17)14-5-3-4-6-15(14)19/h3-6,11,13H,7-10H2,1-2H3/t11-/m0/s1. The first-order valence-corrected chi connectivity index (χ1v) is 8.50. The molecule has 0 bridgehead atoms. The highest BCUT2D eigenvalue weighted by molar-refractivity contribution is 5.83. The van der Waals surface area contributed by atoms with Crippen molar-refractivity contribution < 1.29 is 23.2 Å². The quantitative estimate of drug-likeness (QED) is 0.778. The van der Waals surface area contributed by atoms with Crippen LogP contribution in [0.1, 0.15) is 38.5 Å². The Bertz CT molecular complexity index is 799. The SMILES string of the molecule is CC(=O)O[C@@H](C)C(=O)N1CCC(c2nc(-c3ccccc3F)no2)CC1. The summed E-state index contributed by atoms with van der Waals surface area (Å²) in [6.07, 6.45) is 0.509. The minimum absolute atomic E-state index is 0.0103. The molecule has 1 saturated heterocycles. The van der Waals surface area contributed by atoms with E-state index in [1.807, 2.05) is 0 Å². The summed E-state index contributed by atoms with van der Waals surface area (Å²) in [6.45, 7) is 3.85. The number of likely N-dealkylation sites (tertiary alicyclic amines) is 1. The van der Waals surface area contributed by atoms with E-state index in [0.29, 0.717) is 37.4 Å². The van der Waals surface area contributed by atoms with Crippen molar-refractivity contribution in [3.05, 3.63) is 36.0 Å². The number of piperidine rings is 1. The van der Waals surface area contributed by atoms with E-state index in [4.69, 9.17) is 9.26 Å². The number of esters is 1. The van der Waals surface area contributed by atoms with Crippen molar-refractivity contribution in [2.45, 2.75) is 38.7 Å². The van der Waals surface area contributed by atoms with Gasteiger partial charge in [-0.25, -0.2) is 4.39 Å². The molecule has 8 heteroatoms. The Kier molecular flexibility index (Phi) is 5.29. The van der Waals surface area contributed by atoms with E-state index in [2.05, 4.69) is 10.1 Å². The first kappa shape index (κ1) is 18.0. The molecule has 0 aliphatic carbocycles. The number of benzene rings is 1. The van der Waals surface area contributed by atoms with Crippen LogP contribution in [0.4, 0.5) is 4.39 Å². The fourth-order valence-corrected chi connectivity index (χ4v) is 3.06. The molecule has 0 saturated carbocycles. The molecule has 1 atom stereocenters. The fraction of sp³-hybridized carbons (Fsp3) is 0.444. The third-order valence-electron chi connectivity index (χ3n) is 4.40. The van der Waals surface area contributed by atoms with Gasteiger partial charge in [-0.15, -0.1) is 0 Å². The summed E-state index contributed by atoms with van der Waals surface area (Å²) in [5.74, 6) is -0.414. The summed E-state index contributed by atoms with van der Waals surface area (Å²) < 4.78 is 24.1. The first-order chi connectivity index (χ1) is 12.5. The van der Waals surface area contributed by atoms with E-state index < -0.39 is 17.9 Å². The van der Waals surface area contributed by atoms with Gasteiger partial charge in [0.1, 0.15) is 5.82 Å². The largest absolute Gasteiger partial charge is 0.453 e. The fourth-order valence-electron chi connectivity index (χ4n) is 3.06. The van der Waals surface area contributed by atoms with Crippen molar-refractivity contribution in [1.82, 2.24) is 15.0 Å². The Hall–Kier alpha value is -2.77. The van der Waals surface area contributed by atoms with Gasteiger partial charge in [-0.05, 0) is 31.9 Å². The van der Waals surface area contributed by atoms with Crippen molar-refractivity contribution in [2.75, 3.05) is 13.1 Å². The molecule has 0 spiro atoms. The second-order valence-corrected chi connectivity index (χ2v) is 6.29. The predicted molar refractivity (Wildman–Crippen MR) is 89.5 cm³/mol. The molecule has 2 heterocycles. The zero-order valence-corrected chi connectivity index (χ0v) is 14.6. The van der Waals surface area contributed by atoms with Crippen LogP contribution in [-0.2, 0) is 14.3 Å². The van der Waals surface area contributed by atoms with Crippen LogP contribution in [0.15, 0.2) is 28.8 Å². The van der Waals surface area contributed by atoms with Crippen LogP contribution in [0.2, 0.25) is 0 Å². The summed E-state index contributed by atoms with van der Waals surface area (Å²) in [6, 6.07) is 6.26. The minimum atomic E-state index is -0.792. The number of hydrogen-bond acceptors (Lipinski definition) is 6. The lowest BCUT2D eigenvalue weighted by molar-refractivity contribution is -0.157. The van der Waals surface area contributed by atoms with E-state index in [1.165, 1.54) is 13.0 Å². The first-order valence-electron chi connectivity index (χ1n) is 8.50. The van der Waals surface area contributed by atoms with E-state index in [9.17, 15) is 14.0 Å². The topological polar surface area (TPSA) is 85.5 Å². The average Bonchev–Trinajstić information content (AvgIpc) is 3.11. The van der Waals surface area contributed by atoms with Crippen molar-refractivity contribution in [3.8, 4) is 11.4 Å². The molecule has 7 nitrogen and oxygen atoms in total. The molecule has 138 valence electrons. The van der Waals surface area contributed by atoms with Crippen molar-refractivity contribution in [3.63, 3.8) is 0 Å². The van der Waals surface area contributed by atoms with Gasteiger partial charge in [0.2, 0.25) is 11.7 Å². The van der Waals surface area contributed by atoms with Gasteiger partial charge in [0.05, 0.1) is 5.56 Å². The third kappa shape index (κ3) is 3.89. The van der Waals surface area contributed by atoms with Crippen LogP contribution in [0.25, 0.3) is 11.4 Å². The molecular weight excluding hydrogens is 341 g/mol. The van der Waals surface area contributed by atoms with Gasteiger partial charge in [0.25, 0.3) is 5.91 Å². The summed E-state index contributed by atoms with van der Waals surface area (Å²) in [4.78, 5) is 29.2. The van der Waals surface area contributed by atoms with Gasteiger partial charge in [-0.3, -0.25) is 9.59 Å². The van der Waals surface area contributed by atoms with Crippen LogP contribution < -0.4 is 0 Å². The Labute approximate surface area is 150 Å². The summed E-state index contributed by atoms with van der Waals surface area (Å²) in [5, 5.41) is 3.87. The zero-order chi connectivity index (χ0) is 18.7. The highest BCUT2D eigenvalue weighted by Crippen LogP contribution is 2.29. The molecule has 1 aromatic carbocycles. The third-order valence-corrected chi connectivity index (χ3v) is 4.40. The van der Waals surface area contributed by atoms with Gasteiger partial charge in [-0.1, -0.05) is 17.3 Å². The number of nitrogens with zero attached hydrogens (tertiary/aromatic N) is 3. The van der Waals surface area contributed by atoms with Crippen molar-refractivity contribution in [1.29, 1.82) is 0 Å². The van der Waals surface area contributed by atoms with Gasteiger partial charge < -0.3 is 14.2 Å². The van der Waals surface area contributed by atoms with Gasteiger partial charge >= 0.3 is 5.97 Å². The molecule has 1 aliphatic heterocycles.